The number of thioether (sulfide) groups is 1. The van der Waals surface area contributed by atoms with E-state index in [9.17, 15) is 4.79 Å². The summed E-state index contributed by atoms with van der Waals surface area (Å²) in [5.41, 5.74) is 1.55. The van der Waals surface area contributed by atoms with Crippen molar-refractivity contribution >= 4 is 51.8 Å². The van der Waals surface area contributed by atoms with E-state index < -0.39 is 0 Å². The van der Waals surface area contributed by atoms with Crippen LogP contribution in [0.2, 0.25) is 5.15 Å². The molecule has 9 heteroatoms. The molecule has 0 radical (unpaired) electrons. The van der Waals surface area contributed by atoms with Gasteiger partial charge in [-0.15, -0.1) is 10.2 Å². The van der Waals surface area contributed by atoms with Gasteiger partial charge in [0.15, 0.2) is 4.34 Å². The summed E-state index contributed by atoms with van der Waals surface area (Å²) in [5, 5.41) is 16.1. The minimum Gasteiger partial charge on any atom is -0.297 e. The molecule has 0 saturated carbocycles. The molecule has 0 spiro atoms. The molecule has 0 aromatic carbocycles. The second kappa shape index (κ2) is 8.64. The second-order valence-electron chi connectivity index (χ2n) is 5.49. The number of nitrogens with one attached hydrogen (secondary N) is 1. The molecule has 2 aromatic heterocycles. The van der Waals surface area contributed by atoms with Crippen LogP contribution in [0.1, 0.15) is 32.0 Å². The first-order valence-electron chi connectivity index (χ1n) is 7.59. The number of nitrogens with zero attached hydrogens (tertiary/aromatic N) is 4. The molecule has 2 aromatic rings. The van der Waals surface area contributed by atoms with Gasteiger partial charge in [-0.25, -0.2) is 0 Å². The lowest BCUT2D eigenvalue weighted by molar-refractivity contribution is -0.111. The molecule has 130 valence electrons. The monoisotopic (exact) mass is 385 g/mol. The quantitative estimate of drug-likeness (QED) is 0.441. The van der Waals surface area contributed by atoms with Crippen LogP contribution in [0.15, 0.2) is 10.4 Å². The van der Waals surface area contributed by atoms with Crippen molar-refractivity contribution in [3.8, 4) is 0 Å². The molecule has 1 N–H and O–H groups in total. The number of anilines is 1. The van der Waals surface area contributed by atoms with Crippen molar-refractivity contribution in [2.75, 3.05) is 11.1 Å². The van der Waals surface area contributed by atoms with Gasteiger partial charge in [-0.2, -0.15) is 5.10 Å². The van der Waals surface area contributed by atoms with Gasteiger partial charge in [-0.3, -0.25) is 14.8 Å². The minimum atomic E-state index is -0.272. The van der Waals surface area contributed by atoms with Crippen molar-refractivity contribution in [1.82, 2.24) is 20.0 Å². The Balaban J connectivity index is 2.04. The molecule has 0 saturated heterocycles. The van der Waals surface area contributed by atoms with Crippen molar-refractivity contribution in [2.45, 2.75) is 38.6 Å². The van der Waals surface area contributed by atoms with E-state index in [1.54, 1.807) is 22.5 Å². The zero-order valence-corrected chi connectivity index (χ0v) is 16.4. The maximum absolute atomic E-state index is 12.0. The van der Waals surface area contributed by atoms with Crippen molar-refractivity contribution in [2.24, 2.45) is 5.92 Å². The van der Waals surface area contributed by atoms with Crippen LogP contribution in [-0.2, 0) is 11.3 Å². The molecule has 0 aliphatic rings. The van der Waals surface area contributed by atoms with Crippen LogP contribution in [0.3, 0.4) is 0 Å². The van der Waals surface area contributed by atoms with Crippen LogP contribution in [0, 0.1) is 12.8 Å². The van der Waals surface area contributed by atoms with Crippen LogP contribution in [0.5, 0.6) is 0 Å². The number of hydrogen-bond acceptors (Lipinski definition) is 6. The number of aryl methyl sites for hydroxylation is 1. The summed E-state index contributed by atoms with van der Waals surface area (Å²) < 4.78 is 2.60. The van der Waals surface area contributed by atoms with Gasteiger partial charge in [0.2, 0.25) is 11.0 Å². The average Bonchev–Trinajstić information content (AvgIpc) is 3.03. The first kappa shape index (κ1) is 19.0. The Morgan fingerprint density at radius 1 is 1.46 bits per heavy atom. The largest absolute Gasteiger partial charge is 0.297 e. The SMILES string of the molecule is CCSc1nnc(NC(=O)/C=C/c2c(C)nn(CC(C)C)c2Cl)s1. The zero-order valence-electron chi connectivity index (χ0n) is 14.0. The van der Waals surface area contributed by atoms with E-state index in [0.717, 1.165) is 27.9 Å². The normalized spacial score (nSPS) is 11.6. The van der Waals surface area contributed by atoms with E-state index in [0.29, 0.717) is 16.2 Å². The van der Waals surface area contributed by atoms with E-state index in [-0.39, 0.29) is 5.91 Å². The van der Waals surface area contributed by atoms with Gasteiger partial charge in [-0.05, 0) is 24.7 Å². The fourth-order valence-electron chi connectivity index (χ4n) is 1.97. The van der Waals surface area contributed by atoms with Gasteiger partial charge in [0, 0.05) is 18.2 Å². The summed E-state index contributed by atoms with van der Waals surface area (Å²) in [7, 11) is 0. The topological polar surface area (TPSA) is 72.7 Å². The fraction of sp³-hybridized carbons (Fsp3) is 0.467. The van der Waals surface area contributed by atoms with Crippen LogP contribution in [0.4, 0.5) is 5.13 Å². The van der Waals surface area contributed by atoms with Crippen LogP contribution >= 0.6 is 34.7 Å². The molecular formula is C15H20ClN5OS2. The highest BCUT2D eigenvalue weighted by atomic mass is 35.5. The predicted octanol–water partition coefficient (Wildman–Crippen LogP) is 4.12. The summed E-state index contributed by atoms with van der Waals surface area (Å²) in [6.45, 7) is 8.85. The van der Waals surface area contributed by atoms with Gasteiger partial charge in [0.1, 0.15) is 5.15 Å². The van der Waals surface area contributed by atoms with Crippen LogP contribution < -0.4 is 5.32 Å². The first-order chi connectivity index (χ1) is 11.4. The summed E-state index contributed by atoms with van der Waals surface area (Å²) >= 11 is 9.30. The Hall–Kier alpha value is -1.38. The molecule has 0 aliphatic heterocycles. The number of halogens is 1. The third-order valence-corrected chi connectivity index (χ3v) is 5.21. The van der Waals surface area contributed by atoms with Crippen molar-refractivity contribution < 1.29 is 4.79 Å². The lowest BCUT2D eigenvalue weighted by Gasteiger charge is -2.05. The Morgan fingerprint density at radius 2 is 2.21 bits per heavy atom. The standard InChI is InChI=1S/C15H20ClN5OS2/c1-5-23-15-19-18-14(24-15)17-12(22)7-6-11-10(4)20-21(13(11)16)8-9(2)3/h6-7,9H,5,8H2,1-4H3,(H,17,18,22)/b7-6+. The summed E-state index contributed by atoms with van der Waals surface area (Å²) in [5.74, 6) is 1.08. The Bertz CT molecular complexity index is 738. The third-order valence-electron chi connectivity index (χ3n) is 2.95. The van der Waals surface area contributed by atoms with E-state index in [2.05, 4.69) is 34.5 Å². The number of carbonyl (C=O) groups is 1. The van der Waals surface area contributed by atoms with Crippen molar-refractivity contribution in [3.63, 3.8) is 0 Å². The Kier molecular flexibility index (Phi) is 6.82. The summed E-state index contributed by atoms with van der Waals surface area (Å²) in [4.78, 5) is 12.0. The number of carbonyl (C=O) groups excluding carboxylic acids is 1. The van der Waals surface area contributed by atoms with E-state index in [1.165, 1.54) is 17.4 Å². The molecule has 0 bridgehead atoms. The molecule has 1 amide bonds. The molecule has 0 aliphatic carbocycles. The Morgan fingerprint density at radius 3 is 2.88 bits per heavy atom. The molecule has 6 nitrogen and oxygen atoms in total. The number of rotatable bonds is 7. The highest BCUT2D eigenvalue weighted by Gasteiger charge is 2.12. The molecule has 24 heavy (non-hydrogen) atoms. The Labute approximate surface area is 154 Å². The highest BCUT2D eigenvalue weighted by Crippen LogP contribution is 2.25. The summed E-state index contributed by atoms with van der Waals surface area (Å²) in [6, 6.07) is 0. The predicted molar refractivity (Wildman–Crippen MR) is 101 cm³/mol. The van der Waals surface area contributed by atoms with Crippen LogP contribution in [0.25, 0.3) is 6.08 Å². The van der Waals surface area contributed by atoms with Crippen LogP contribution in [-0.4, -0.2) is 31.6 Å². The van der Waals surface area contributed by atoms with Crippen molar-refractivity contribution in [3.05, 3.63) is 22.5 Å². The van der Waals surface area contributed by atoms with E-state index in [1.807, 2.05) is 13.8 Å². The van der Waals surface area contributed by atoms with Gasteiger partial charge in [0.05, 0.1) is 5.69 Å². The maximum Gasteiger partial charge on any atom is 0.250 e. The number of amides is 1. The average molecular weight is 386 g/mol. The van der Waals surface area contributed by atoms with Gasteiger partial charge in [0.25, 0.3) is 0 Å². The smallest absolute Gasteiger partial charge is 0.250 e. The van der Waals surface area contributed by atoms with Crippen molar-refractivity contribution in [1.29, 1.82) is 0 Å². The second-order valence-corrected chi connectivity index (χ2v) is 8.34. The van der Waals surface area contributed by atoms with Gasteiger partial charge < -0.3 is 0 Å². The fourth-order valence-corrected chi connectivity index (χ4v) is 3.93. The van der Waals surface area contributed by atoms with Gasteiger partial charge in [-0.1, -0.05) is 55.5 Å². The molecule has 0 fully saturated rings. The number of aromatic nitrogens is 4. The third kappa shape index (κ3) is 5.06. The molecule has 2 heterocycles. The zero-order chi connectivity index (χ0) is 17.7. The lowest BCUT2D eigenvalue weighted by atomic mass is 10.2. The first-order valence-corrected chi connectivity index (χ1v) is 9.77. The maximum atomic E-state index is 12.0. The highest BCUT2D eigenvalue weighted by molar-refractivity contribution is 8.01. The minimum absolute atomic E-state index is 0.272. The number of hydrogen-bond donors (Lipinski definition) is 1. The van der Waals surface area contributed by atoms with E-state index in [4.69, 9.17) is 11.6 Å². The molecule has 0 atom stereocenters. The molecular weight excluding hydrogens is 366 g/mol. The molecule has 2 rings (SSSR count). The van der Waals surface area contributed by atoms with Gasteiger partial charge >= 0.3 is 0 Å². The molecule has 0 unspecified atom stereocenters. The summed E-state index contributed by atoms with van der Waals surface area (Å²) in [6.07, 6.45) is 3.11. The van der Waals surface area contributed by atoms with E-state index >= 15 is 0 Å². The lowest BCUT2D eigenvalue weighted by Crippen LogP contribution is -2.07.